The number of amides is 2. The van der Waals surface area contributed by atoms with Gasteiger partial charge in [-0.3, -0.25) is 14.5 Å². The molecule has 4 nitrogen and oxygen atoms in total. The second-order valence-corrected chi connectivity index (χ2v) is 5.09. The van der Waals surface area contributed by atoms with E-state index in [0.717, 1.165) is 19.4 Å². The Hall–Kier alpha value is -1.16. The standard InChI is InChI=1S/C12H16N2O2/c15-10-2-3-11(16)14(10)9-4-7-13-12(8-9)5-1-6-12/h2-3,9,13H,1,4-8H2. The molecule has 3 rings (SSSR count). The Balaban J connectivity index is 1.75. The quantitative estimate of drug-likeness (QED) is 0.658. The summed E-state index contributed by atoms with van der Waals surface area (Å²) in [5.74, 6) is -0.266. The second-order valence-electron chi connectivity index (χ2n) is 5.09. The van der Waals surface area contributed by atoms with Crippen molar-refractivity contribution in [3.63, 3.8) is 0 Å². The van der Waals surface area contributed by atoms with E-state index in [1.165, 1.54) is 36.3 Å². The molecule has 1 saturated heterocycles. The van der Waals surface area contributed by atoms with Gasteiger partial charge in [0.2, 0.25) is 0 Å². The van der Waals surface area contributed by atoms with Crippen molar-refractivity contribution in [1.29, 1.82) is 0 Å². The van der Waals surface area contributed by atoms with Crippen LogP contribution in [0.2, 0.25) is 0 Å². The zero-order valence-electron chi connectivity index (χ0n) is 9.24. The van der Waals surface area contributed by atoms with Gasteiger partial charge >= 0.3 is 0 Å². The van der Waals surface area contributed by atoms with Crippen LogP contribution in [-0.2, 0) is 9.59 Å². The van der Waals surface area contributed by atoms with Crippen LogP contribution in [0.3, 0.4) is 0 Å². The molecule has 1 unspecified atom stereocenters. The van der Waals surface area contributed by atoms with Crippen molar-refractivity contribution < 1.29 is 9.59 Å². The number of nitrogens with one attached hydrogen (secondary N) is 1. The summed E-state index contributed by atoms with van der Waals surface area (Å²) in [4.78, 5) is 24.6. The van der Waals surface area contributed by atoms with E-state index in [0.29, 0.717) is 0 Å². The largest absolute Gasteiger partial charge is 0.311 e. The Kier molecular flexibility index (Phi) is 2.14. The van der Waals surface area contributed by atoms with Gasteiger partial charge in [0.25, 0.3) is 11.8 Å². The average molecular weight is 220 g/mol. The number of nitrogens with zero attached hydrogens (tertiary/aromatic N) is 1. The lowest BCUT2D eigenvalue weighted by molar-refractivity contribution is -0.141. The molecule has 0 bridgehead atoms. The van der Waals surface area contributed by atoms with Crippen LogP contribution >= 0.6 is 0 Å². The molecule has 0 aromatic heterocycles. The molecule has 2 amide bonds. The maximum Gasteiger partial charge on any atom is 0.253 e. The van der Waals surface area contributed by atoms with Crippen LogP contribution in [0.25, 0.3) is 0 Å². The van der Waals surface area contributed by atoms with Gasteiger partial charge in [0.05, 0.1) is 0 Å². The van der Waals surface area contributed by atoms with Crippen LogP contribution in [0.4, 0.5) is 0 Å². The molecule has 1 atom stereocenters. The molecule has 2 aliphatic heterocycles. The highest BCUT2D eigenvalue weighted by molar-refractivity contribution is 6.13. The predicted octanol–water partition coefficient (Wildman–Crippen LogP) is 0.586. The molecule has 1 spiro atoms. The summed E-state index contributed by atoms with van der Waals surface area (Å²) in [5, 5.41) is 3.55. The van der Waals surface area contributed by atoms with Crippen LogP contribution in [0.5, 0.6) is 0 Å². The van der Waals surface area contributed by atoms with E-state index < -0.39 is 0 Å². The summed E-state index contributed by atoms with van der Waals surface area (Å²) in [5.41, 5.74) is 0.228. The first-order valence-electron chi connectivity index (χ1n) is 6.01. The molecule has 2 fully saturated rings. The molecule has 0 radical (unpaired) electrons. The Morgan fingerprint density at radius 2 is 1.94 bits per heavy atom. The third-order valence-corrected chi connectivity index (χ3v) is 4.12. The van der Waals surface area contributed by atoms with Gasteiger partial charge in [-0.05, 0) is 38.6 Å². The zero-order chi connectivity index (χ0) is 11.2. The second kappa shape index (κ2) is 3.42. The Morgan fingerprint density at radius 3 is 2.50 bits per heavy atom. The summed E-state index contributed by atoms with van der Waals surface area (Å²) in [7, 11) is 0. The van der Waals surface area contributed by atoms with E-state index in [4.69, 9.17) is 0 Å². The summed E-state index contributed by atoms with van der Waals surface area (Å²) < 4.78 is 0. The summed E-state index contributed by atoms with van der Waals surface area (Å²) >= 11 is 0. The van der Waals surface area contributed by atoms with Crippen molar-refractivity contribution in [3.05, 3.63) is 12.2 Å². The first kappa shape index (κ1) is 10.0. The number of imide groups is 1. The summed E-state index contributed by atoms with van der Waals surface area (Å²) in [6, 6.07) is 0.108. The van der Waals surface area contributed by atoms with Gasteiger partial charge in [-0.25, -0.2) is 0 Å². The van der Waals surface area contributed by atoms with Crippen LogP contribution in [0.1, 0.15) is 32.1 Å². The molecule has 0 aromatic carbocycles. The smallest absolute Gasteiger partial charge is 0.253 e. The first-order chi connectivity index (χ1) is 7.70. The molecule has 3 aliphatic rings. The lowest BCUT2D eigenvalue weighted by atomic mass is 9.70. The topological polar surface area (TPSA) is 49.4 Å². The fourth-order valence-electron chi connectivity index (χ4n) is 3.11. The number of carbonyl (C=O) groups excluding carboxylic acids is 2. The van der Waals surface area contributed by atoms with Gasteiger partial charge in [0.1, 0.15) is 0 Å². The molecule has 86 valence electrons. The number of piperidine rings is 1. The minimum absolute atomic E-state index is 0.108. The average Bonchev–Trinajstić information content (AvgIpc) is 2.57. The van der Waals surface area contributed by atoms with Gasteiger partial charge in [0.15, 0.2) is 0 Å². The fourth-order valence-corrected chi connectivity index (χ4v) is 3.11. The highest BCUT2D eigenvalue weighted by Gasteiger charge is 2.44. The molecule has 0 aromatic rings. The molecule has 2 heterocycles. The molecular formula is C12H16N2O2. The fraction of sp³-hybridized carbons (Fsp3) is 0.667. The molecule has 1 saturated carbocycles. The van der Waals surface area contributed by atoms with Crippen molar-refractivity contribution in [3.8, 4) is 0 Å². The number of hydrogen-bond donors (Lipinski definition) is 1. The lowest BCUT2D eigenvalue weighted by Crippen LogP contribution is -2.60. The highest BCUT2D eigenvalue weighted by Crippen LogP contribution is 2.39. The Morgan fingerprint density at radius 1 is 1.25 bits per heavy atom. The molecule has 4 heteroatoms. The molecule has 1 N–H and O–H groups in total. The number of rotatable bonds is 1. The SMILES string of the molecule is O=C1C=CC(=O)N1C1CCNC2(CCC2)C1. The summed E-state index contributed by atoms with van der Waals surface area (Å²) in [6.45, 7) is 0.918. The van der Waals surface area contributed by atoms with E-state index in [-0.39, 0.29) is 23.4 Å². The van der Waals surface area contributed by atoms with Crippen LogP contribution in [0, 0.1) is 0 Å². The van der Waals surface area contributed by atoms with E-state index in [9.17, 15) is 9.59 Å². The predicted molar refractivity (Wildman–Crippen MR) is 58.6 cm³/mol. The molecule has 16 heavy (non-hydrogen) atoms. The van der Waals surface area contributed by atoms with E-state index >= 15 is 0 Å². The monoisotopic (exact) mass is 220 g/mol. The maximum absolute atomic E-state index is 11.6. The van der Waals surface area contributed by atoms with Gasteiger partial charge in [0, 0.05) is 23.7 Å². The van der Waals surface area contributed by atoms with Crippen molar-refractivity contribution in [2.45, 2.75) is 43.7 Å². The van der Waals surface area contributed by atoms with Crippen molar-refractivity contribution >= 4 is 11.8 Å². The van der Waals surface area contributed by atoms with Crippen LogP contribution in [-0.4, -0.2) is 34.8 Å². The lowest BCUT2D eigenvalue weighted by Gasteiger charge is -2.49. The summed E-state index contributed by atoms with van der Waals surface area (Å²) in [6.07, 6.45) is 8.24. The first-order valence-corrected chi connectivity index (χ1v) is 6.01. The van der Waals surface area contributed by atoms with Crippen LogP contribution in [0.15, 0.2) is 12.2 Å². The minimum atomic E-state index is -0.133. The third-order valence-electron chi connectivity index (χ3n) is 4.12. The highest BCUT2D eigenvalue weighted by atomic mass is 16.2. The van der Waals surface area contributed by atoms with E-state index in [2.05, 4.69) is 5.32 Å². The normalized spacial score (nSPS) is 32.2. The van der Waals surface area contributed by atoms with Crippen molar-refractivity contribution in [2.75, 3.05) is 6.54 Å². The van der Waals surface area contributed by atoms with Crippen molar-refractivity contribution in [2.24, 2.45) is 0 Å². The van der Waals surface area contributed by atoms with Crippen molar-refractivity contribution in [1.82, 2.24) is 10.2 Å². The minimum Gasteiger partial charge on any atom is -0.311 e. The zero-order valence-corrected chi connectivity index (χ0v) is 9.24. The van der Waals surface area contributed by atoms with E-state index in [1.807, 2.05) is 0 Å². The Bertz CT molecular complexity index is 353. The maximum atomic E-state index is 11.6. The van der Waals surface area contributed by atoms with E-state index in [1.54, 1.807) is 0 Å². The third kappa shape index (κ3) is 1.40. The Labute approximate surface area is 94.7 Å². The number of hydrogen-bond acceptors (Lipinski definition) is 3. The molecular weight excluding hydrogens is 204 g/mol. The van der Waals surface area contributed by atoms with Gasteiger partial charge in [-0.2, -0.15) is 0 Å². The van der Waals surface area contributed by atoms with Gasteiger partial charge in [-0.1, -0.05) is 0 Å². The number of carbonyl (C=O) groups is 2. The van der Waals surface area contributed by atoms with Gasteiger partial charge in [-0.15, -0.1) is 0 Å². The van der Waals surface area contributed by atoms with Crippen LogP contribution < -0.4 is 5.32 Å². The van der Waals surface area contributed by atoms with Gasteiger partial charge < -0.3 is 5.32 Å². The molecule has 1 aliphatic carbocycles.